The molecule has 0 bridgehead atoms. The Labute approximate surface area is 116 Å². The Balaban J connectivity index is 1.94. The maximum atomic E-state index is 8.91. The second-order valence-corrected chi connectivity index (χ2v) is 4.40. The number of nitrogens with one attached hydrogen (secondary N) is 1. The molecule has 0 radical (unpaired) electrons. The number of fused-ring (bicyclic) bond motifs is 1. The van der Waals surface area contributed by atoms with E-state index in [4.69, 9.17) is 5.11 Å². The average molecular weight is 269 g/mol. The minimum absolute atomic E-state index is 0.153. The standard InChI is InChI=1S/C14H15N5O/c20-8-4-7-19-10-17-12-13(15-9-16-14(12)19)18-11-5-2-1-3-6-11/h1-3,5-6,9-10,20H,4,7-8H2,(H,15,16,18). The van der Waals surface area contributed by atoms with Crippen molar-refractivity contribution in [1.82, 2.24) is 19.5 Å². The normalized spacial score (nSPS) is 10.8. The summed E-state index contributed by atoms with van der Waals surface area (Å²) < 4.78 is 1.92. The number of aliphatic hydroxyl groups excluding tert-OH is 1. The molecule has 0 unspecified atom stereocenters. The number of aliphatic hydroxyl groups is 1. The summed E-state index contributed by atoms with van der Waals surface area (Å²) in [4.78, 5) is 12.9. The van der Waals surface area contributed by atoms with Gasteiger partial charge in [0.15, 0.2) is 17.0 Å². The first-order valence-corrected chi connectivity index (χ1v) is 6.47. The second-order valence-electron chi connectivity index (χ2n) is 4.40. The number of rotatable bonds is 5. The van der Waals surface area contributed by atoms with Gasteiger partial charge in [-0.1, -0.05) is 18.2 Å². The summed E-state index contributed by atoms with van der Waals surface area (Å²) in [7, 11) is 0. The van der Waals surface area contributed by atoms with E-state index >= 15 is 0 Å². The third-order valence-electron chi connectivity index (χ3n) is 2.99. The van der Waals surface area contributed by atoms with Gasteiger partial charge in [-0.25, -0.2) is 15.0 Å². The number of hydrogen-bond donors (Lipinski definition) is 2. The number of nitrogens with zero attached hydrogens (tertiary/aromatic N) is 4. The number of hydrogen-bond acceptors (Lipinski definition) is 5. The molecular weight excluding hydrogens is 254 g/mol. The predicted molar refractivity (Wildman–Crippen MR) is 76.8 cm³/mol. The third kappa shape index (κ3) is 2.46. The Morgan fingerprint density at radius 2 is 1.95 bits per heavy atom. The van der Waals surface area contributed by atoms with E-state index in [2.05, 4.69) is 20.3 Å². The fourth-order valence-corrected chi connectivity index (χ4v) is 2.04. The van der Waals surface area contributed by atoms with Crippen LogP contribution < -0.4 is 5.32 Å². The molecule has 0 spiro atoms. The Bertz CT molecular complexity index is 695. The summed E-state index contributed by atoms with van der Waals surface area (Å²) in [5.74, 6) is 0.684. The molecule has 0 saturated carbocycles. The minimum atomic E-state index is 0.153. The predicted octanol–water partition coefficient (Wildman–Crippen LogP) is 1.95. The first-order valence-electron chi connectivity index (χ1n) is 6.47. The highest BCUT2D eigenvalue weighted by Crippen LogP contribution is 2.21. The van der Waals surface area contributed by atoms with Crippen LogP contribution in [-0.2, 0) is 6.54 Å². The molecule has 3 rings (SSSR count). The number of aryl methyl sites for hydroxylation is 1. The van der Waals surface area contributed by atoms with Gasteiger partial charge in [-0.3, -0.25) is 0 Å². The van der Waals surface area contributed by atoms with E-state index in [0.717, 1.165) is 16.9 Å². The Hall–Kier alpha value is -2.47. The summed E-state index contributed by atoms with van der Waals surface area (Å²) in [6, 6.07) is 9.82. The highest BCUT2D eigenvalue weighted by atomic mass is 16.3. The van der Waals surface area contributed by atoms with Crippen LogP contribution in [-0.4, -0.2) is 31.2 Å². The molecule has 2 heterocycles. The smallest absolute Gasteiger partial charge is 0.165 e. The summed E-state index contributed by atoms with van der Waals surface area (Å²) in [5, 5.41) is 12.1. The highest BCUT2D eigenvalue weighted by Gasteiger charge is 2.09. The Morgan fingerprint density at radius 1 is 1.10 bits per heavy atom. The van der Waals surface area contributed by atoms with Crippen LogP contribution in [0.2, 0.25) is 0 Å². The van der Waals surface area contributed by atoms with Crippen LogP contribution >= 0.6 is 0 Å². The summed E-state index contributed by atoms with van der Waals surface area (Å²) >= 11 is 0. The van der Waals surface area contributed by atoms with Gasteiger partial charge in [0.1, 0.15) is 6.33 Å². The molecule has 0 amide bonds. The topological polar surface area (TPSA) is 75.9 Å². The van der Waals surface area contributed by atoms with Gasteiger partial charge in [-0.05, 0) is 18.6 Å². The van der Waals surface area contributed by atoms with E-state index in [1.54, 1.807) is 6.33 Å². The molecule has 6 heteroatoms. The summed E-state index contributed by atoms with van der Waals surface area (Å²) in [6.45, 7) is 0.842. The van der Waals surface area contributed by atoms with Gasteiger partial charge in [0.25, 0.3) is 0 Å². The molecule has 0 aliphatic rings. The van der Waals surface area contributed by atoms with Crippen molar-refractivity contribution in [2.45, 2.75) is 13.0 Å². The third-order valence-corrected chi connectivity index (χ3v) is 2.99. The van der Waals surface area contributed by atoms with Gasteiger partial charge in [-0.2, -0.15) is 0 Å². The van der Waals surface area contributed by atoms with Crippen molar-refractivity contribution >= 4 is 22.7 Å². The molecule has 2 N–H and O–H groups in total. The number of para-hydroxylation sites is 1. The minimum Gasteiger partial charge on any atom is -0.396 e. The van der Waals surface area contributed by atoms with E-state index in [-0.39, 0.29) is 6.61 Å². The number of anilines is 2. The van der Waals surface area contributed by atoms with Crippen molar-refractivity contribution in [3.8, 4) is 0 Å². The maximum absolute atomic E-state index is 8.91. The first kappa shape index (κ1) is 12.6. The van der Waals surface area contributed by atoms with Crippen molar-refractivity contribution in [1.29, 1.82) is 0 Å². The van der Waals surface area contributed by atoms with Gasteiger partial charge in [0, 0.05) is 18.8 Å². The highest BCUT2D eigenvalue weighted by molar-refractivity contribution is 5.84. The van der Waals surface area contributed by atoms with Crippen molar-refractivity contribution in [2.24, 2.45) is 0 Å². The van der Waals surface area contributed by atoms with Gasteiger partial charge >= 0.3 is 0 Å². The molecule has 20 heavy (non-hydrogen) atoms. The van der Waals surface area contributed by atoms with Crippen LogP contribution in [0.15, 0.2) is 43.0 Å². The molecule has 3 aromatic rings. The fraction of sp³-hybridized carbons (Fsp3) is 0.214. The zero-order valence-electron chi connectivity index (χ0n) is 10.9. The van der Waals surface area contributed by atoms with Crippen molar-refractivity contribution in [2.75, 3.05) is 11.9 Å². The Kier molecular flexibility index (Phi) is 3.56. The summed E-state index contributed by atoms with van der Waals surface area (Å²) in [6.07, 6.45) is 3.92. The quantitative estimate of drug-likeness (QED) is 0.740. The van der Waals surface area contributed by atoms with Crippen LogP contribution in [0.3, 0.4) is 0 Å². The monoisotopic (exact) mass is 269 g/mol. The molecule has 0 atom stereocenters. The lowest BCUT2D eigenvalue weighted by atomic mass is 10.3. The maximum Gasteiger partial charge on any atom is 0.165 e. The van der Waals surface area contributed by atoms with Gasteiger partial charge in [-0.15, -0.1) is 0 Å². The van der Waals surface area contributed by atoms with Gasteiger partial charge in [0.2, 0.25) is 0 Å². The van der Waals surface area contributed by atoms with E-state index in [9.17, 15) is 0 Å². The van der Waals surface area contributed by atoms with Crippen molar-refractivity contribution in [3.05, 3.63) is 43.0 Å². The van der Waals surface area contributed by atoms with Gasteiger partial charge < -0.3 is 15.0 Å². The van der Waals surface area contributed by atoms with Crippen LogP contribution in [0.25, 0.3) is 11.2 Å². The molecule has 0 aliphatic carbocycles. The molecule has 0 fully saturated rings. The molecule has 102 valence electrons. The Morgan fingerprint density at radius 3 is 2.75 bits per heavy atom. The van der Waals surface area contributed by atoms with Crippen LogP contribution in [0.1, 0.15) is 6.42 Å². The lowest BCUT2D eigenvalue weighted by Gasteiger charge is -2.06. The van der Waals surface area contributed by atoms with Gasteiger partial charge in [0.05, 0.1) is 6.33 Å². The zero-order valence-corrected chi connectivity index (χ0v) is 10.9. The van der Waals surface area contributed by atoms with Crippen LogP contribution in [0, 0.1) is 0 Å². The average Bonchev–Trinajstić information content (AvgIpc) is 2.90. The lowest BCUT2D eigenvalue weighted by Crippen LogP contribution is -2.01. The SMILES string of the molecule is OCCCn1cnc2c(Nc3ccccc3)ncnc21. The van der Waals surface area contributed by atoms with E-state index in [1.807, 2.05) is 34.9 Å². The molecule has 0 saturated heterocycles. The molecular formula is C14H15N5O. The molecule has 6 nitrogen and oxygen atoms in total. The van der Waals surface area contributed by atoms with E-state index in [0.29, 0.717) is 18.8 Å². The largest absolute Gasteiger partial charge is 0.396 e. The van der Waals surface area contributed by atoms with E-state index < -0.39 is 0 Å². The van der Waals surface area contributed by atoms with Crippen LogP contribution in [0.5, 0.6) is 0 Å². The number of benzene rings is 1. The van der Waals surface area contributed by atoms with Crippen molar-refractivity contribution in [3.63, 3.8) is 0 Å². The van der Waals surface area contributed by atoms with E-state index in [1.165, 1.54) is 6.33 Å². The summed E-state index contributed by atoms with van der Waals surface area (Å²) in [5.41, 5.74) is 2.46. The molecule has 1 aromatic carbocycles. The molecule has 2 aromatic heterocycles. The lowest BCUT2D eigenvalue weighted by molar-refractivity contribution is 0.280. The number of aromatic nitrogens is 4. The molecule has 0 aliphatic heterocycles. The number of imidazole rings is 1. The van der Waals surface area contributed by atoms with Crippen molar-refractivity contribution < 1.29 is 5.11 Å². The zero-order chi connectivity index (χ0) is 13.8. The first-order chi connectivity index (χ1) is 9.88. The van der Waals surface area contributed by atoms with Crippen LogP contribution in [0.4, 0.5) is 11.5 Å². The second kappa shape index (κ2) is 5.66. The fourth-order valence-electron chi connectivity index (χ4n) is 2.04.